The van der Waals surface area contributed by atoms with E-state index in [1.165, 1.54) is 6.42 Å². The molecule has 0 bridgehead atoms. The minimum atomic E-state index is -0.290. The van der Waals surface area contributed by atoms with Gasteiger partial charge in [0.2, 0.25) is 0 Å². The molecule has 1 fully saturated rings. The summed E-state index contributed by atoms with van der Waals surface area (Å²) < 4.78 is 5.90. The number of pyridine rings is 1. The van der Waals surface area contributed by atoms with Crippen molar-refractivity contribution < 1.29 is 4.74 Å². The van der Waals surface area contributed by atoms with Crippen LogP contribution < -0.4 is 4.74 Å². The van der Waals surface area contributed by atoms with E-state index in [0.717, 1.165) is 42.3 Å². The summed E-state index contributed by atoms with van der Waals surface area (Å²) in [6.07, 6.45) is 7.22. The Balaban J connectivity index is 1.74. The van der Waals surface area contributed by atoms with Gasteiger partial charge in [-0.15, -0.1) is 0 Å². The van der Waals surface area contributed by atoms with Crippen LogP contribution in [0.15, 0.2) is 36.5 Å². The van der Waals surface area contributed by atoms with Gasteiger partial charge in [-0.25, -0.2) is 0 Å². The van der Waals surface area contributed by atoms with Crippen LogP contribution in [0.1, 0.15) is 32.1 Å². The van der Waals surface area contributed by atoms with E-state index in [1.54, 1.807) is 6.20 Å². The number of rotatable bonds is 3. The molecule has 1 saturated carbocycles. The maximum Gasteiger partial charge on any atom is 0.120 e. The van der Waals surface area contributed by atoms with Crippen molar-refractivity contribution in [1.82, 2.24) is 4.98 Å². The van der Waals surface area contributed by atoms with E-state index in [4.69, 9.17) is 4.74 Å². The smallest absolute Gasteiger partial charge is 0.120 e. The van der Waals surface area contributed by atoms with Crippen molar-refractivity contribution in [2.45, 2.75) is 32.1 Å². The van der Waals surface area contributed by atoms with Crippen molar-refractivity contribution in [1.29, 1.82) is 5.26 Å². The molecule has 3 nitrogen and oxygen atoms in total. The number of fused-ring (bicyclic) bond motifs is 1. The monoisotopic (exact) mass is 266 g/mol. The number of aromatic nitrogens is 1. The van der Waals surface area contributed by atoms with Gasteiger partial charge in [-0.05, 0) is 37.1 Å². The molecule has 0 saturated heterocycles. The number of nitriles is 1. The van der Waals surface area contributed by atoms with Crippen LogP contribution in [0.2, 0.25) is 0 Å². The second-order valence-electron chi connectivity index (χ2n) is 5.60. The summed E-state index contributed by atoms with van der Waals surface area (Å²) in [5.41, 5.74) is 0.676. The summed E-state index contributed by atoms with van der Waals surface area (Å²) in [6, 6.07) is 12.3. The number of hydrogen-bond donors (Lipinski definition) is 0. The van der Waals surface area contributed by atoms with Gasteiger partial charge in [0.15, 0.2) is 0 Å². The minimum absolute atomic E-state index is 0.290. The first-order chi connectivity index (χ1) is 9.81. The van der Waals surface area contributed by atoms with Gasteiger partial charge >= 0.3 is 0 Å². The summed E-state index contributed by atoms with van der Waals surface area (Å²) in [4.78, 5) is 4.29. The minimum Gasteiger partial charge on any atom is -0.492 e. The average molecular weight is 266 g/mol. The standard InChI is InChI=1S/C17H18N2O/c18-12-17(8-2-1-3-9-17)13-20-15-6-7-16-14(11-15)5-4-10-19-16/h4-7,10-11H,1-3,8-9,13H2. The van der Waals surface area contributed by atoms with Gasteiger partial charge in [-0.2, -0.15) is 5.26 Å². The van der Waals surface area contributed by atoms with E-state index in [9.17, 15) is 5.26 Å². The average Bonchev–Trinajstić information content (AvgIpc) is 2.54. The van der Waals surface area contributed by atoms with Gasteiger partial charge in [-0.3, -0.25) is 4.98 Å². The van der Waals surface area contributed by atoms with E-state index >= 15 is 0 Å². The highest BCUT2D eigenvalue weighted by atomic mass is 16.5. The molecule has 0 unspecified atom stereocenters. The van der Waals surface area contributed by atoms with Crippen molar-refractivity contribution in [2.24, 2.45) is 5.41 Å². The van der Waals surface area contributed by atoms with Gasteiger partial charge in [0, 0.05) is 11.6 Å². The lowest BCUT2D eigenvalue weighted by molar-refractivity contribution is 0.150. The van der Waals surface area contributed by atoms with Crippen LogP contribution in [-0.2, 0) is 0 Å². The van der Waals surface area contributed by atoms with Crippen molar-refractivity contribution in [3.8, 4) is 11.8 Å². The molecule has 1 aromatic heterocycles. The maximum absolute atomic E-state index is 9.45. The number of ether oxygens (including phenoxy) is 1. The molecule has 0 aliphatic heterocycles. The van der Waals surface area contributed by atoms with E-state index in [-0.39, 0.29) is 5.41 Å². The Labute approximate surface area is 119 Å². The van der Waals surface area contributed by atoms with Gasteiger partial charge in [0.25, 0.3) is 0 Å². The molecule has 0 N–H and O–H groups in total. The van der Waals surface area contributed by atoms with Crippen molar-refractivity contribution in [2.75, 3.05) is 6.61 Å². The Morgan fingerprint density at radius 3 is 2.85 bits per heavy atom. The Bertz CT molecular complexity index is 639. The summed E-state index contributed by atoms with van der Waals surface area (Å²) >= 11 is 0. The molecule has 102 valence electrons. The summed E-state index contributed by atoms with van der Waals surface area (Å²) in [5, 5.41) is 10.5. The molecule has 0 atom stereocenters. The van der Waals surface area contributed by atoms with Gasteiger partial charge in [-0.1, -0.05) is 25.3 Å². The van der Waals surface area contributed by atoms with E-state index in [1.807, 2.05) is 30.3 Å². The molecule has 0 radical (unpaired) electrons. The van der Waals surface area contributed by atoms with Crippen molar-refractivity contribution in [3.63, 3.8) is 0 Å². The quantitative estimate of drug-likeness (QED) is 0.840. The van der Waals surface area contributed by atoms with Gasteiger partial charge < -0.3 is 4.74 Å². The maximum atomic E-state index is 9.45. The fraction of sp³-hybridized carbons (Fsp3) is 0.412. The molecule has 1 aliphatic carbocycles. The molecule has 1 aliphatic rings. The number of nitrogens with zero attached hydrogens (tertiary/aromatic N) is 2. The zero-order chi connectivity index (χ0) is 13.8. The number of benzene rings is 1. The third kappa shape index (κ3) is 2.60. The van der Waals surface area contributed by atoms with Gasteiger partial charge in [0.1, 0.15) is 12.4 Å². The van der Waals surface area contributed by atoms with Crippen LogP contribution in [0.3, 0.4) is 0 Å². The molecule has 1 aromatic carbocycles. The van der Waals surface area contributed by atoms with Crippen LogP contribution in [0.25, 0.3) is 10.9 Å². The first kappa shape index (κ1) is 12.9. The van der Waals surface area contributed by atoms with Crippen LogP contribution in [0.5, 0.6) is 5.75 Å². The third-order valence-corrected chi connectivity index (χ3v) is 4.14. The third-order valence-electron chi connectivity index (χ3n) is 4.14. The van der Waals surface area contributed by atoms with Crippen LogP contribution in [0, 0.1) is 16.7 Å². The SMILES string of the molecule is N#CC1(COc2ccc3ncccc3c2)CCCCC1. The Morgan fingerprint density at radius 1 is 1.20 bits per heavy atom. The molecule has 0 amide bonds. The normalized spacial score (nSPS) is 17.6. The van der Waals surface area contributed by atoms with Crippen LogP contribution >= 0.6 is 0 Å². The fourth-order valence-corrected chi connectivity index (χ4v) is 2.88. The molecule has 20 heavy (non-hydrogen) atoms. The predicted molar refractivity (Wildman–Crippen MR) is 78.4 cm³/mol. The molecule has 1 heterocycles. The van der Waals surface area contributed by atoms with Crippen LogP contribution in [-0.4, -0.2) is 11.6 Å². The largest absolute Gasteiger partial charge is 0.492 e. The van der Waals surface area contributed by atoms with Gasteiger partial charge in [0.05, 0.1) is 17.0 Å². The molecular weight excluding hydrogens is 248 g/mol. The summed E-state index contributed by atoms with van der Waals surface area (Å²) in [7, 11) is 0. The Morgan fingerprint density at radius 2 is 2.05 bits per heavy atom. The molecule has 3 heteroatoms. The van der Waals surface area contributed by atoms with Crippen molar-refractivity contribution >= 4 is 10.9 Å². The Kier molecular flexibility index (Phi) is 3.56. The van der Waals surface area contributed by atoms with E-state index in [0.29, 0.717) is 6.61 Å². The highest BCUT2D eigenvalue weighted by Gasteiger charge is 2.32. The fourth-order valence-electron chi connectivity index (χ4n) is 2.88. The van der Waals surface area contributed by atoms with E-state index in [2.05, 4.69) is 11.1 Å². The predicted octanol–water partition coefficient (Wildman–Crippen LogP) is 4.09. The lowest BCUT2D eigenvalue weighted by Gasteiger charge is -2.30. The summed E-state index contributed by atoms with van der Waals surface area (Å²) in [5.74, 6) is 0.825. The molecule has 2 aromatic rings. The first-order valence-electron chi connectivity index (χ1n) is 7.20. The molecular formula is C17H18N2O. The highest BCUT2D eigenvalue weighted by molar-refractivity contribution is 5.79. The topological polar surface area (TPSA) is 45.9 Å². The lowest BCUT2D eigenvalue weighted by atomic mass is 9.76. The Hall–Kier alpha value is -2.08. The lowest BCUT2D eigenvalue weighted by Crippen LogP contribution is -2.29. The van der Waals surface area contributed by atoms with Crippen molar-refractivity contribution in [3.05, 3.63) is 36.5 Å². The highest BCUT2D eigenvalue weighted by Crippen LogP contribution is 2.36. The zero-order valence-electron chi connectivity index (χ0n) is 11.5. The molecule has 0 spiro atoms. The second kappa shape index (κ2) is 5.50. The number of hydrogen-bond acceptors (Lipinski definition) is 3. The second-order valence-corrected chi connectivity index (χ2v) is 5.60. The van der Waals surface area contributed by atoms with E-state index < -0.39 is 0 Å². The van der Waals surface area contributed by atoms with Crippen LogP contribution in [0.4, 0.5) is 0 Å². The molecule has 3 rings (SSSR count). The zero-order valence-corrected chi connectivity index (χ0v) is 11.5. The summed E-state index contributed by atoms with van der Waals surface area (Å²) in [6.45, 7) is 0.495. The first-order valence-corrected chi connectivity index (χ1v) is 7.20.